The fraction of sp³-hybridized carbons (Fsp3) is 0.409. The standard InChI is InChI=1S/C22H28N4O5S/c1-16-5-9-20(10-6-16)32(30,31)23-13-18-4-3-11-25(14-18)15-22(27)24-21-12-19(26(28)29)8-7-17(21)2/h5-10,12,18,23H,3-4,11,13-15H2,1-2H3,(H,24,27). The van der Waals surface area contributed by atoms with Crippen molar-refractivity contribution in [2.45, 2.75) is 31.6 Å². The highest BCUT2D eigenvalue weighted by atomic mass is 32.2. The number of aryl methyl sites for hydroxylation is 2. The first kappa shape index (κ1) is 23.8. The largest absolute Gasteiger partial charge is 0.324 e. The third-order valence-electron chi connectivity index (χ3n) is 5.57. The van der Waals surface area contributed by atoms with Crippen LogP contribution < -0.4 is 10.0 Å². The fourth-order valence-electron chi connectivity index (χ4n) is 3.74. The number of nitro benzene ring substituents is 1. The second-order valence-corrected chi connectivity index (χ2v) is 9.98. The lowest BCUT2D eigenvalue weighted by Gasteiger charge is -2.32. The minimum absolute atomic E-state index is 0.0789. The Balaban J connectivity index is 1.53. The van der Waals surface area contributed by atoms with Gasteiger partial charge in [0, 0.05) is 25.2 Å². The van der Waals surface area contributed by atoms with Gasteiger partial charge in [-0.1, -0.05) is 23.8 Å². The van der Waals surface area contributed by atoms with Crippen LogP contribution in [0.1, 0.15) is 24.0 Å². The molecule has 2 aromatic rings. The van der Waals surface area contributed by atoms with Gasteiger partial charge in [0.2, 0.25) is 15.9 Å². The van der Waals surface area contributed by atoms with Crippen molar-refractivity contribution < 1.29 is 18.1 Å². The molecule has 1 aliphatic rings. The molecular weight excluding hydrogens is 432 g/mol. The Morgan fingerprint density at radius 2 is 1.91 bits per heavy atom. The molecule has 2 aromatic carbocycles. The van der Waals surface area contributed by atoms with E-state index < -0.39 is 14.9 Å². The van der Waals surface area contributed by atoms with Gasteiger partial charge in [0.05, 0.1) is 22.1 Å². The molecule has 1 heterocycles. The first-order valence-corrected chi connectivity index (χ1v) is 12.0. The summed E-state index contributed by atoms with van der Waals surface area (Å²) in [5, 5.41) is 13.7. The van der Waals surface area contributed by atoms with Crippen molar-refractivity contribution in [3.63, 3.8) is 0 Å². The third kappa shape index (κ3) is 6.35. The van der Waals surface area contributed by atoms with Crippen LogP contribution in [0, 0.1) is 29.9 Å². The van der Waals surface area contributed by atoms with Gasteiger partial charge < -0.3 is 5.32 Å². The molecule has 1 amide bonds. The number of amides is 1. The van der Waals surface area contributed by atoms with Crippen LogP contribution in [-0.4, -0.2) is 50.3 Å². The van der Waals surface area contributed by atoms with Crippen molar-refractivity contribution in [1.82, 2.24) is 9.62 Å². The summed E-state index contributed by atoms with van der Waals surface area (Å²) in [4.78, 5) is 25.2. The van der Waals surface area contributed by atoms with Crippen molar-refractivity contribution in [3.8, 4) is 0 Å². The van der Waals surface area contributed by atoms with Gasteiger partial charge in [0.1, 0.15) is 0 Å². The van der Waals surface area contributed by atoms with Gasteiger partial charge in [-0.25, -0.2) is 13.1 Å². The van der Waals surface area contributed by atoms with Crippen LogP contribution in [0.15, 0.2) is 47.4 Å². The molecule has 9 nitrogen and oxygen atoms in total. The summed E-state index contributed by atoms with van der Waals surface area (Å²) in [7, 11) is -3.58. The Bertz CT molecular complexity index is 1090. The van der Waals surface area contributed by atoms with Crippen LogP contribution in [0.2, 0.25) is 0 Å². The Hall–Kier alpha value is -2.82. The molecule has 1 aliphatic heterocycles. The van der Waals surface area contributed by atoms with Crippen molar-refractivity contribution >= 4 is 27.3 Å². The smallest absolute Gasteiger partial charge is 0.271 e. The number of rotatable bonds is 8. The van der Waals surface area contributed by atoms with Crippen molar-refractivity contribution in [1.29, 1.82) is 0 Å². The molecule has 1 atom stereocenters. The molecule has 3 rings (SSSR count). The number of anilines is 1. The second-order valence-electron chi connectivity index (χ2n) is 8.21. The molecule has 10 heteroatoms. The molecule has 1 saturated heterocycles. The molecule has 0 aliphatic carbocycles. The van der Waals surface area contributed by atoms with Gasteiger partial charge >= 0.3 is 0 Å². The van der Waals surface area contributed by atoms with Crippen LogP contribution in [0.25, 0.3) is 0 Å². The highest BCUT2D eigenvalue weighted by Gasteiger charge is 2.24. The topological polar surface area (TPSA) is 122 Å². The number of hydrogen-bond donors (Lipinski definition) is 2. The normalized spacial score (nSPS) is 17.1. The second kappa shape index (κ2) is 10.2. The number of hydrogen-bond acceptors (Lipinski definition) is 6. The zero-order chi connectivity index (χ0) is 23.3. The number of carbonyl (C=O) groups is 1. The molecule has 172 valence electrons. The van der Waals surface area contributed by atoms with Crippen molar-refractivity contribution in [2.24, 2.45) is 5.92 Å². The lowest BCUT2D eigenvalue weighted by Crippen LogP contribution is -2.43. The van der Waals surface area contributed by atoms with E-state index in [1.807, 2.05) is 11.8 Å². The van der Waals surface area contributed by atoms with Crippen LogP contribution in [0.4, 0.5) is 11.4 Å². The first-order chi connectivity index (χ1) is 15.1. The quantitative estimate of drug-likeness (QED) is 0.461. The van der Waals surface area contributed by atoms with Crippen molar-refractivity contribution in [2.75, 3.05) is 31.5 Å². The van der Waals surface area contributed by atoms with Gasteiger partial charge in [-0.15, -0.1) is 0 Å². The SMILES string of the molecule is Cc1ccc(S(=O)(=O)NCC2CCCN(CC(=O)Nc3cc([N+](=O)[O-])ccc3C)C2)cc1. The lowest BCUT2D eigenvalue weighted by molar-refractivity contribution is -0.384. The highest BCUT2D eigenvalue weighted by Crippen LogP contribution is 2.22. The van der Waals surface area contributed by atoms with E-state index in [-0.39, 0.29) is 29.0 Å². The van der Waals surface area contributed by atoms with Crippen LogP contribution in [0.5, 0.6) is 0 Å². The maximum absolute atomic E-state index is 12.5. The van der Waals surface area contributed by atoms with E-state index in [4.69, 9.17) is 0 Å². The number of non-ortho nitro benzene ring substituents is 1. The first-order valence-electron chi connectivity index (χ1n) is 10.5. The van der Waals surface area contributed by atoms with E-state index in [9.17, 15) is 23.3 Å². The van der Waals surface area contributed by atoms with Crippen molar-refractivity contribution in [3.05, 3.63) is 63.7 Å². The Morgan fingerprint density at radius 3 is 2.59 bits per heavy atom. The molecule has 2 N–H and O–H groups in total. The molecule has 0 saturated carbocycles. The van der Waals surface area contributed by atoms with E-state index >= 15 is 0 Å². The zero-order valence-corrected chi connectivity index (χ0v) is 19.0. The number of sulfonamides is 1. The molecule has 1 unspecified atom stereocenters. The molecular formula is C22H28N4O5S. The average molecular weight is 461 g/mol. The van der Waals surface area contributed by atoms with Gasteiger partial charge in [0.25, 0.3) is 5.69 Å². The van der Waals surface area contributed by atoms with Crippen LogP contribution in [-0.2, 0) is 14.8 Å². The van der Waals surface area contributed by atoms with Gasteiger partial charge in [-0.2, -0.15) is 0 Å². The number of carbonyl (C=O) groups excluding carboxylic acids is 1. The summed E-state index contributed by atoms with van der Waals surface area (Å²) in [6.07, 6.45) is 1.73. The Labute approximate surface area is 188 Å². The summed E-state index contributed by atoms with van der Waals surface area (Å²) in [5.74, 6) is -0.161. The maximum Gasteiger partial charge on any atom is 0.271 e. The van der Waals surface area contributed by atoms with Gasteiger partial charge in [0.15, 0.2) is 0 Å². The van der Waals surface area contributed by atoms with E-state index in [1.165, 1.54) is 12.1 Å². The number of likely N-dealkylation sites (tertiary alicyclic amines) is 1. The maximum atomic E-state index is 12.5. The number of benzene rings is 2. The predicted molar refractivity (Wildman–Crippen MR) is 122 cm³/mol. The number of piperidine rings is 1. The monoisotopic (exact) mass is 460 g/mol. The molecule has 0 aromatic heterocycles. The zero-order valence-electron chi connectivity index (χ0n) is 18.2. The molecule has 0 radical (unpaired) electrons. The van der Waals surface area contributed by atoms with Gasteiger partial charge in [-0.3, -0.25) is 19.8 Å². The summed E-state index contributed by atoms with van der Waals surface area (Å²) in [5.41, 5.74) is 2.07. The predicted octanol–water partition coefficient (Wildman–Crippen LogP) is 2.84. The number of nitro groups is 1. The molecule has 0 spiro atoms. The van der Waals surface area contributed by atoms with E-state index in [2.05, 4.69) is 10.0 Å². The summed E-state index contributed by atoms with van der Waals surface area (Å²) >= 11 is 0. The average Bonchev–Trinajstić information content (AvgIpc) is 2.74. The summed E-state index contributed by atoms with van der Waals surface area (Å²) in [6, 6.07) is 11.1. The fourth-order valence-corrected chi connectivity index (χ4v) is 4.86. The van der Waals surface area contributed by atoms with Crippen LogP contribution >= 0.6 is 0 Å². The molecule has 1 fully saturated rings. The summed E-state index contributed by atoms with van der Waals surface area (Å²) < 4.78 is 27.7. The lowest BCUT2D eigenvalue weighted by atomic mass is 9.98. The minimum Gasteiger partial charge on any atom is -0.324 e. The summed E-state index contributed by atoms with van der Waals surface area (Å²) in [6.45, 7) is 5.45. The number of nitrogens with one attached hydrogen (secondary N) is 2. The number of nitrogens with zero attached hydrogens (tertiary/aromatic N) is 2. The molecule has 0 bridgehead atoms. The van der Waals surface area contributed by atoms with Crippen LogP contribution in [0.3, 0.4) is 0 Å². The van der Waals surface area contributed by atoms with E-state index in [0.29, 0.717) is 18.8 Å². The van der Waals surface area contributed by atoms with E-state index in [0.717, 1.165) is 30.5 Å². The van der Waals surface area contributed by atoms with Gasteiger partial charge in [-0.05, 0) is 56.8 Å². The Morgan fingerprint density at radius 1 is 1.19 bits per heavy atom. The minimum atomic E-state index is -3.58. The van der Waals surface area contributed by atoms with E-state index in [1.54, 1.807) is 37.3 Å². The highest BCUT2D eigenvalue weighted by molar-refractivity contribution is 7.89. The third-order valence-corrected chi connectivity index (χ3v) is 7.01. The Kier molecular flexibility index (Phi) is 7.60. The molecule has 32 heavy (non-hydrogen) atoms.